The fraction of sp³-hybridized carbons (Fsp3) is 0.765. The molecule has 2 heterocycles. The second-order valence-electron chi connectivity index (χ2n) is 7.32. The lowest BCUT2D eigenvalue weighted by atomic mass is 9.95. The number of nitrogens with zero attached hydrogens (tertiary/aromatic N) is 3. The zero-order chi connectivity index (χ0) is 17.0. The highest BCUT2D eigenvalue weighted by Gasteiger charge is 2.34. The molecule has 1 aliphatic rings. The molecule has 23 heavy (non-hydrogen) atoms. The van der Waals surface area contributed by atoms with Crippen LogP contribution in [0.3, 0.4) is 0 Å². The summed E-state index contributed by atoms with van der Waals surface area (Å²) in [6.07, 6.45) is 3.67. The summed E-state index contributed by atoms with van der Waals surface area (Å²) in [6, 6.07) is 2.40. The summed E-state index contributed by atoms with van der Waals surface area (Å²) < 4.78 is 7.32. The summed E-state index contributed by atoms with van der Waals surface area (Å²) in [5.41, 5.74) is 0.652. The number of ether oxygens (including phenoxy) is 1. The second kappa shape index (κ2) is 7.34. The third-order valence-corrected chi connectivity index (χ3v) is 4.11. The van der Waals surface area contributed by atoms with E-state index in [1.807, 2.05) is 43.6 Å². The average Bonchev–Trinajstić information content (AvgIpc) is 3.05. The molecule has 130 valence electrons. The van der Waals surface area contributed by atoms with E-state index in [2.05, 4.69) is 23.4 Å². The standard InChI is InChI=1S/C17H30N4O2/c1-6-18-15(11-14-8-9-20(5)19-14)13-7-10-21(12-13)16(22)23-17(2,3)4/h8-9,13,15,18H,6-7,10-12H2,1-5H3. The van der Waals surface area contributed by atoms with Gasteiger partial charge in [-0.25, -0.2) is 4.79 Å². The van der Waals surface area contributed by atoms with Gasteiger partial charge in [0.15, 0.2) is 0 Å². The van der Waals surface area contributed by atoms with E-state index in [1.165, 1.54) is 0 Å². The maximum atomic E-state index is 12.2. The minimum atomic E-state index is -0.440. The molecule has 0 bridgehead atoms. The molecule has 1 saturated heterocycles. The summed E-state index contributed by atoms with van der Waals surface area (Å²) in [5.74, 6) is 0.435. The van der Waals surface area contributed by atoms with E-state index in [0.717, 1.165) is 38.2 Å². The van der Waals surface area contributed by atoms with Crippen molar-refractivity contribution in [2.45, 2.75) is 52.2 Å². The van der Waals surface area contributed by atoms with Crippen LogP contribution >= 0.6 is 0 Å². The van der Waals surface area contributed by atoms with Crippen molar-refractivity contribution >= 4 is 6.09 Å². The van der Waals surface area contributed by atoms with Gasteiger partial charge in [0.05, 0.1) is 5.69 Å². The van der Waals surface area contributed by atoms with Gasteiger partial charge in [0.25, 0.3) is 0 Å². The highest BCUT2D eigenvalue weighted by Crippen LogP contribution is 2.24. The highest BCUT2D eigenvalue weighted by atomic mass is 16.6. The van der Waals surface area contributed by atoms with Crippen LogP contribution in [0.1, 0.15) is 39.8 Å². The van der Waals surface area contributed by atoms with Crippen LogP contribution in [0.15, 0.2) is 12.3 Å². The van der Waals surface area contributed by atoms with E-state index >= 15 is 0 Å². The Hall–Kier alpha value is -1.56. The van der Waals surface area contributed by atoms with Crippen molar-refractivity contribution < 1.29 is 9.53 Å². The van der Waals surface area contributed by atoms with Crippen molar-refractivity contribution in [2.75, 3.05) is 19.6 Å². The van der Waals surface area contributed by atoms with Crippen LogP contribution in [0.25, 0.3) is 0 Å². The molecule has 2 unspecified atom stereocenters. The summed E-state index contributed by atoms with van der Waals surface area (Å²) in [5, 5.41) is 8.04. The molecule has 1 aromatic heterocycles. The van der Waals surface area contributed by atoms with Crippen molar-refractivity contribution in [3.05, 3.63) is 18.0 Å². The fourth-order valence-electron chi connectivity index (χ4n) is 3.07. The number of rotatable bonds is 5. The predicted octanol–water partition coefficient (Wildman–Crippen LogP) is 2.20. The Morgan fingerprint density at radius 3 is 2.83 bits per heavy atom. The zero-order valence-electron chi connectivity index (χ0n) is 15.0. The van der Waals surface area contributed by atoms with Gasteiger partial charge in [-0.2, -0.15) is 5.10 Å². The summed E-state index contributed by atoms with van der Waals surface area (Å²) in [6.45, 7) is 10.3. The Kier molecular flexibility index (Phi) is 5.68. The van der Waals surface area contributed by atoms with Gasteiger partial charge in [-0.05, 0) is 45.7 Å². The molecule has 0 saturated carbocycles. The van der Waals surface area contributed by atoms with Gasteiger partial charge in [-0.15, -0.1) is 0 Å². The molecule has 1 aliphatic heterocycles. The Bertz CT molecular complexity index is 521. The number of likely N-dealkylation sites (tertiary alicyclic amines) is 1. The maximum absolute atomic E-state index is 12.2. The molecule has 1 N–H and O–H groups in total. The van der Waals surface area contributed by atoms with Crippen LogP contribution in [0.2, 0.25) is 0 Å². The zero-order valence-corrected chi connectivity index (χ0v) is 15.0. The third kappa shape index (κ3) is 5.23. The first-order valence-electron chi connectivity index (χ1n) is 8.48. The van der Waals surface area contributed by atoms with Crippen LogP contribution in [0.4, 0.5) is 4.79 Å². The van der Waals surface area contributed by atoms with Crippen LogP contribution < -0.4 is 5.32 Å². The van der Waals surface area contributed by atoms with Crippen molar-refractivity contribution in [2.24, 2.45) is 13.0 Å². The molecular weight excluding hydrogens is 292 g/mol. The van der Waals surface area contributed by atoms with Gasteiger partial charge in [0, 0.05) is 38.8 Å². The molecule has 1 aromatic rings. The maximum Gasteiger partial charge on any atom is 0.410 e. The smallest absolute Gasteiger partial charge is 0.410 e. The van der Waals surface area contributed by atoms with Crippen LogP contribution in [-0.4, -0.2) is 52.1 Å². The number of nitrogens with one attached hydrogen (secondary N) is 1. The van der Waals surface area contributed by atoms with Crippen LogP contribution in [0.5, 0.6) is 0 Å². The van der Waals surface area contributed by atoms with Crippen LogP contribution in [-0.2, 0) is 18.2 Å². The lowest BCUT2D eigenvalue weighted by Crippen LogP contribution is -2.41. The van der Waals surface area contributed by atoms with Gasteiger partial charge in [0.2, 0.25) is 0 Å². The Morgan fingerprint density at radius 2 is 2.26 bits per heavy atom. The quantitative estimate of drug-likeness (QED) is 0.903. The average molecular weight is 322 g/mol. The lowest BCUT2D eigenvalue weighted by Gasteiger charge is -2.26. The molecule has 0 radical (unpaired) electrons. The SMILES string of the molecule is CCNC(Cc1ccn(C)n1)C1CCN(C(=O)OC(C)(C)C)C1. The number of hydrogen-bond acceptors (Lipinski definition) is 4. The van der Waals surface area contributed by atoms with Gasteiger partial charge in [-0.1, -0.05) is 6.92 Å². The van der Waals surface area contributed by atoms with E-state index < -0.39 is 5.60 Å². The van der Waals surface area contributed by atoms with E-state index in [-0.39, 0.29) is 6.09 Å². The van der Waals surface area contributed by atoms with Crippen molar-refractivity contribution in [1.82, 2.24) is 20.0 Å². The van der Waals surface area contributed by atoms with E-state index in [1.54, 1.807) is 0 Å². The first kappa shape index (κ1) is 17.8. The second-order valence-corrected chi connectivity index (χ2v) is 7.32. The number of aryl methyl sites for hydroxylation is 1. The Balaban J connectivity index is 1.94. The molecule has 2 atom stereocenters. The lowest BCUT2D eigenvalue weighted by molar-refractivity contribution is 0.0285. The number of hydrogen-bond donors (Lipinski definition) is 1. The molecule has 2 rings (SSSR count). The summed E-state index contributed by atoms with van der Waals surface area (Å²) in [7, 11) is 1.94. The largest absolute Gasteiger partial charge is 0.444 e. The molecule has 6 nitrogen and oxygen atoms in total. The Morgan fingerprint density at radius 1 is 1.52 bits per heavy atom. The number of amides is 1. The van der Waals surface area contributed by atoms with Gasteiger partial charge in [0.1, 0.15) is 5.60 Å². The third-order valence-electron chi connectivity index (χ3n) is 4.11. The minimum absolute atomic E-state index is 0.201. The number of aromatic nitrogens is 2. The first-order valence-corrected chi connectivity index (χ1v) is 8.48. The van der Waals surface area contributed by atoms with Gasteiger partial charge in [-0.3, -0.25) is 4.68 Å². The van der Waals surface area contributed by atoms with E-state index in [0.29, 0.717) is 12.0 Å². The summed E-state index contributed by atoms with van der Waals surface area (Å²) >= 11 is 0. The molecule has 1 fully saturated rings. The number of carbonyl (C=O) groups excluding carboxylic acids is 1. The molecule has 1 amide bonds. The normalized spacial score (nSPS) is 19.9. The molecular formula is C17H30N4O2. The topological polar surface area (TPSA) is 59.4 Å². The fourth-order valence-corrected chi connectivity index (χ4v) is 3.07. The summed E-state index contributed by atoms with van der Waals surface area (Å²) in [4.78, 5) is 14.0. The number of carbonyl (C=O) groups is 1. The predicted molar refractivity (Wildman–Crippen MR) is 90.3 cm³/mol. The van der Waals surface area contributed by atoms with Gasteiger partial charge >= 0.3 is 6.09 Å². The molecule has 6 heteroatoms. The van der Waals surface area contributed by atoms with Crippen molar-refractivity contribution in [3.8, 4) is 0 Å². The molecule has 0 aliphatic carbocycles. The van der Waals surface area contributed by atoms with Gasteiger partial charge < -0.3 is 15.0 Å². The van der Waals surface area contributed by atoms with Crippen molar-refractivity contribution in [1.29, 1.82) is 0 Å². The monoisotopic (exact) mass is 322 g/mol. The van der Waals surface area contributed by atoms with E-state index in [4.69, 9.17) is 4.74 Å². The molecule has 0 aromatic carbocycles. The van der Waals surface area contributed by atoms with Crippen LogP contribution in [0, 0.1) is 5.92 Å². The minimum Gasteiger partial charge on any atom is -0.444 e. The van der Waals surface area contributed by atoms with Crippen molar-refractivity contribution in [3.63, 3.8) is 0 Å². The molecule has 0 spiro atoms. The highest BCUT2D eigenvalue weighted by molar-refractivity contribution is 5.68. The first-order chi connectivity index (χ1) is 10.8. The number of likely N-dealkylation sites (N-methyl/N-ethyl adjacent to an activating group) is 1. The van der Waals surface area contributed by atoms with E-state index in [9.17, 15) is 4.79 Å². The Labute approximate surface area is 139 Å².